The van der Waals surface area contributed by atoms with Crippen molar-refractivity contribution in [2.24, 2.45) is 0 Å². The van der Waals surface area contributed by atoms with Gasteiger partial charge in [-0.05, 0) is 94.1 Å². The molecule has 7 rings (SSSR count). The zero-order valence-corrected chi connectivity index (χ0v) is 24.0. The van der Waals surface area contributed by atoms with E-state index >= 15 is 0 Å². The van der Waals surface area contributed by atoms with Crippen LogP contribution >= 0.6 is 0 Å². The van der Waals surface area contributed by atoms with Gasteiger partial charge in [-0.2, -0.15) is 0 Å². The molecule has 6 aromatic rings. The van der Waals surface area contributed by atoms with Crippen LogP contribution in [0, 0.1) is 0 Å². The summed E-state index contributed by atoms with van der Waals surface area (Å²) in [5.74, 6) is 0. The lowest BCUT2D eigenvalue weighted by Crippen LogP contribution is -2.41. The van der Waals surface area contributed by atoms with Gasteiger partial charge in [-0.15, -0.1) is 0 Å². The van der Waals surface area contributed by atoms with Gasteiger partial charge in [-0.3, -0.25) is 0 Å². The lowest BCUT2D eigenvalue weighted by molar-refractivity contribution is 0.00578. The van der Waals surface area contributed by atoms with E-state index in [1.54, 1.807) is 0 Å². The predicted molar refractivity (Wildman–Crippen MR) is 173 cm³/mol. The molecule has 0 spiro atoms. The van der Waals surface area contributed by atoms with Gasteiger partial charge in [-0.1, -0.05) is 121 Å². The van der Waals surface area contributed by atoms with Gasteiger partial charge in [0.15, 0.2) is 0 Å². The van der Waals surface area contributed by atoms with Gasteiger partial charge in [0, 0.05) is 0 Å². The molecular formula is C38H33BO2. The van der Waals surface area contributed by atoms with E-state index in [1.807, 2.05) is 0 Å². The maximum atomic E-state index is 6.63. The van der Waals surface area contributed by atoms with Crippen molar-refractivity contribution in [1.29, 1.82) is 0 Å². The van der Waals surface area contributed by atoms with Crippen molar-refractivity contribution in [3.63, 3.8) is 0 Å². The van der Waals surface area contributed by atoms with Crippen molar-refractivity contribution in [1.82, 2.24) is 0 Å². The maximum Gasteiger partial charge on any atom is 0.496 e. The summed E-state index contributed by atoms with van der Waals surface area (Å²) in [6.07, 6.45) is 0. The molecule has 1 aliphatic rings. The highest BCUT2D eigenvalue weighted by molar-refractivity contribution is 6.69. The quantitative estimate of drug-likeness (QED) is 0.166. The van der Waals surface area contributed by atoms with Gasteiger partial charge in [0.25, 0.3) is 0 Å². The number of hydrogen-bond donors (Lipinski definition) is 0. The van der Waals surface area contributed by atoms with Crippen molar-refractivity contribution in [2.45, 2.75) is 38.9 Å². The van der Waals surface area contributed by atoms with E-state index in [4.69, 9.17) is 9.31 Å². The first-order valence-corrected chi connectivity index (χ1v) is 14.4. The fraction of sp³-hybridized carbons (Fsp3) is 0.158. The van der Waals surface area contributed by atoms with E-state index in [9.17, 15) is 0 Å². The second kappa shape index (κ2) is 9.73. The molecule has 3 heteroatoms. The highest BCUT2D eigenvalue weighted by atomic mass is 16.7. The average Bonchev–Trinajstić information content (AvgIpc) is 3.22. The van der Waals surface area contributed by atoms with E-state index in [2.05, 4.69) is 155 Å². The minimum absolute atomic E-state index is 0.420. The maximum absolute atomic E-state index is 6.63. The van der Waals surface area contributed by atoms with Crippen molar-refractivity contribution in [3.8, 4) is 33.4 Å². The number of rotatable bonds is 4. The third-order valence-electron chi connectivity index (χ3n) is 8.94. The molecule has 0 aromatic heterocycles. The van der Waals surface area contributed by atoms with Crippen molar-refractivity contribution >= 4 is 34.1 Å². The summed E-state index contributed by atoms with van der Waals surface area (Å²) < 4.78 is 13.3. The third-order valence-corrected chi connectivity index (χ3v) is 8.94. The fourth-order valence-electron chi connectivity index (χ4n) is 6.11. The SMILES string of the molecule is CC1(C)OB(c2c3ccccc3c(-c3ccc(-c4ccccc4)c(-c4ccccc4)c3)c3ccccc23)OC1(C)C. The Bertz CT molecular complexity index is 1820. The van der Waals surface area contributed by atoms with Gasteiger partial charge in [0.2, 0.25) is 0 Å². The Morgan fingerprint density at radius 1 is 0.439 bits per heavy atom. The van der Waals surface area contributed by atoms with Crippen molar-refractivity contribution in [3.05, 3.63) is 127 Å². The van der Waals surface area contributed by atoms with Crippen LogP contribution in [0.4, 0.5) is 0 Å². The standard InChI is InChI=1S/C38H33BO2/c1-37(2)38(3,4)41-39(40-37)36-32-21-13-11-19-30(32)35(31-20-12-14-22-33(31)36)28-23-24-29(26-15-7-5-8-16-26)34(25-28)27-17-9-6-10-18-27/h5-25H,1-4H3. The number of fused-ring (bicyclic) bond motifs is 2. The van der Waals surface area contributed by atoms with Crippen LogP contribution in [0.2, 0.25) is 0 Å². The van der Waals surface area contributed by atoms with Crippen molar-refractivity contribution < 1.29 is 9.31 Å². The van der Waals surface area contributed by atoms with Crippen LogP contribution in [0.15, 0.2) is 127 Å². The summed E-state index contributed by atoms with van der Waals surface area (Å²) in [5.41, 5.74) is 7.54. The second-order valence-electron chi connectivity index (χ2n) is 12.0. The summed E-state index contributed by atoms with van der Waals surface area (Å²) >= 11 is 0. The molecule has 41 heavy (non-hydrogen) atoms. The lowest BCUT2D eigenvalue weighted by Gasteiger charge is -2.32. The summed E-state index contributed by atoms with van der Waals surface area (Å²) in [6, 6.07) is 45.6. The topological polar surface area (TPSA) is 18.5 Å². The van der Waals surface area contributed by atoms with Crippen LogP contribution in [0.1, 0.15) is 27.7 Å². The molecular weight excluding hydrogens is 499 g/mol. The molecule has 0 unspecified atom stereocenters. The van der Waals surface area contributed by atoms with E-state index in [1.165, 1.54) is 44.2 Å². The molecule has 0 bridgehead atoms. The van der Waals surface area contributed by atoms with E-state index in [0.717, 1.165) is 16.2 Å². The molecule has 0 saturated carbocycles. The molecule has 1 saturated heterocycles. The Morgan fingerprint density at radius 3 is 1.39 bits per heavy atom. The Kier molecular flexibility index (Phi) is 6.12. The predicted octanol–water partition coefficient (Wildman–Crippen LogP) is 9.29. The van der Waals surface area contributed by atoms with E-state index in [0.29, 0.717) is 0 Å². The first-order chi connectivity index (χ1) is 19.8. The molecule has 2 nitrogen and oxygen atoms in total. The molecule has 0 radical (unpaired) electrons. The van der Waals surface area contributed by atoms with Crippen LogP contribution in [-0.2, 0) is 9.31 Å². The van der Waals surface area contributed by atoms with Crippen LogP contribution in [-0.4, -0.2) is 18.3 Å². The van der Waals surface area contributed by atoms with Crippen molar-refractivity contribution in [2.75, 3.05) is 0 Å². The van der Waals surface area contributed by atoms with E-state index < -0.39 is 18.3 Å². The molecule has 0 N–H and O–H groups in total. The average molecular weight is 532 g/mol. The normalized spacial score (nSPS) is 16.0. The third kappa shape index (κ3) is 4.28. The number of hydrogen-bond acceptors (Lipinski definition) is 2. The summed E-state index contributed by atoms with van der Waals surface area (Å²) in [5, 5.41) is 4.71. The fourth-order valence-corrected chi connectivity index (χ4v) is 6.11. The molecule has 0 amide bonds. The molecule has 0 atom stereocenters. The summed E-state index contributed by atoms with van der Waals surface area (Å²) in [7, 11) is -0.454. The Morgan fingerprint density at radius 2 is 0.878 bits per heavy atom. The Balaban J connectivity index is 1.51. The van der Waals surface area contributed by atoms with Crippen LogP contribution in [0.5, 0.6) is 0 Å². The van der Waals surface area contributed by atoms with Crippen LogP contribution in [0.25, 0.3) is 54.9 Å². The molecule has 200 valence electrons. The lowest BCUT2D eigenvalue weighted by atomic mass is 9.71. The largest absolute Gasteiger partial charge is 0.496 e. The molecule has 1 heterocycles. The minimum atomic E-state index is -0.454. The minimum Gasteiger partial charge on any atom is -0.399 e. The summed E-state index contributed by atoms with van der Waals surface area (Å²) in [4.78, 5) is 0. The molecule has 6 aromatic carbocycles. The van der Waals surface area contributed by atoms with Gasteiger partial charge in [0.1, 0.15) is 0 Å². The molecule has 1 aliphatic heterocycles. The van der Waals surface area contributed by atoms with Gasteiger partial charge < -0.3 is 9.31 Å². The summed E-state index contributed by atoms with van der Waals surface area (Å²) in [6.45, 7) is 8.46. The van der Waals surface area contributed by atoms with Gasteiger partial charge >= 0.3 is 7.12 Å². The molecule has 1 fully saturated rings. The highest BCUT2D eigenvalue weighted by Gasteiger charge is 2.52. The zero-order chi connectivity index (χ0) is 28.2. The first-order valence-electron chi connectivity index (χ1n) is 14.4. The number of benzene rings is 6. The van der Waals surface area contributed by atoms with Gasteiger partial charge in [0.05, 0.1) is 11.2 Å². The highest BCUT2D eigenvalue weighted by Crippen LogP contribution is 2.42. The zero-order valence-electron chi connectivity index (χ0n) is 24.0. The van der Waals surface area contributed by atoms with E-state index in [-0.39, 0.29) is 0 Å². The Hall–Kier alpha value is -4.18. The van der Waals surface area contributed by atoms with Crippen LogP contribution < -0.4 is 5.46 Å². The smallest absolute Gasteiger partial charge is 0.399 e. The van der Waals surface area contributed by atoms with Crippen LogP contribution in [0.3, 0.4) is 0 Å². The first kappa shape index (κ1) is 25.8. The second-order valence-corrected chi connectivity index (χ2v) is 12.0. The monoisotopic (exact) mass is 532 g/mol. The van der Waals surface area contributed by atoms with Gasteiger partial charge in [-0.25, -0.2) is 0 Å². The molecule has 0 aliphatic carbocycles. The Labute approximate surface area is 242 Å².